The second-order valence-corrected chi connectivity index (χ2v) is 8.71. The fraction of sp³-hybridized carbons (Fsp3) is 0.391. The molecule has 0 aliphatic carbocycles. The number of fused-ring (bicyclic) bond motifs is 1. The maximum atomic E-state index is 14.3. The minimum atomic E-state index is -0.945. The summed E-state index contributed by atoms with van der Waals surface area (Å²) in [5.41, 5.74) is 3.03. The van der Waals surface area contributed by atoms with Crippen molar-refractivity contribution in [3.63, 3.8) is 0 Å². The summed E-state index contributed by atoms with van der Waals surface area (Å²) in [4.78, 5) is 25.5. The first-order valence-electron chi connectivity index (χ1n) is 9.70. The molecule has 2 aromatic rings. The molecule has 1 unspecified atom stereocenters. The highest BCUT2D eigenvalue weighted by Crippen LogP contribution is 2.48. The van der Waals surface area contributed by atoms with Gasteiger partial charge in [-0.05, 0) is 53.3 Å². The molecule has 1 aliphatic rings. The van der Waals surface area contributed by atoms with Crippen molar-refractivity contribution in [2.45, 2.75) is 40.2 Å². The van der Waals surface area contributed by atoms with E-state index in [0.717, 1.165) is 16.8 Å². The number of rotatable bonds is 4. The van der Waals surface area contributed by atoms with Crippen LogP contribution in [-0.2, 0) is 11.2 Å². The van der Waals surface area contributed by atoms with E-state index in [2.05, 4.69) is 24.1 Å². The van der Waals surface area contributed by atoms with Crippen LogP contribution in [0, 0.1) is 17.2 Å². The third-order valence-electron chi connectivity index (χ3n) is 5.57. The SMILES string of the molecule is CC(C)C(=O)Nc1cc(C2N(C)c3ccc(C(=O)O)cc3CC2(C)C)ccc1F. The third kappa shape index (κ3) is 3.97. The van der Waals surface area contributed by atoms with Crippen LogP contribution in [0.4, 0.5) is 15.8 Å². The molecular weight excluding hydrogens is 371 g/mol. The highest BCUT2D eigenvalue weighted by molar-refractivity contribution is 5.92. The van der Waals surface area contributed by atoms with E-state index in [0.29, 0.717) is 6.42 Å². The van der Waals surface area contributed by atoms with Crippen LogP contribution in [0.1, 0.15) is 55.2 Å². The molecule has 1 atom stereocenters. The van der Waals surface area contributed by atoms with Crippen LogP contribution in [-0.4, -0.2) is 24.0 Å². The molecule has 1 amide bonds. The maximum Gasteiger partial charge on any atom is 0.335 e. The zero-order valence-electron chi connectivity index (χ0n) is 17.4. The number of halogens is 1. The number of carboxylic acids is 1. The zero-order chi connectivity index (χ0) is 21.5. The minimum Gasteiger partial charge on any atom is -0.478 e. The van der Waals surface area contributed by atoms with Crippen molar-refractivity contribution in [1.29, 1.82) is 0 Å². The zero-order valence-corrected chi connectivity index (χ0v) is 17.4. The number of hydrogen-bond acceptors (Lipinski definition) is 3. The first kappa shape index (κ1) is 20.8. The monoisotopic (exact) mass is 398 g/mol. The van der Waals surface area contributed by atoms with Crippen molar-refractivity contribution in [2.24, 2.45) is 11.3 Å². The van der Waals surface area contributed by atoms with Crippen LogP contribution < -0.4 is 10.2 Å². The summed E-state index contributed by atoms with van der Waals surface area (Å²) in [6.45, 7) is 7.75. The van der Waals surface area contributed by atoms with E-state index in [1.54, 1.807) is 38.1 Å². The molecule has 1 aliphatic heterocycles. The Morgan fingerprint density at radius 3 is 2.52 bits per heavy atom. The van der Waals surface area contributed by atoms with Gasteiger partial charge in [-0.3, -0.25) is 4.79 Å². The summed E-state index contributed by atoms with van der Waals surface area (Å²) >= 11 is 0. The summed E-state index contributed by atoms with van der Waals surface area (Å²) in [6, 6.07) is 9.93. The Morgan fingerprint density at radius 2 is 1.90 bits per heavy atom. The van der Waals surface area contributed by atoms with Crippen LogP contribution in [0.25, 0.3) is 0 Å². The van der Waals surface area contributed by atoms with Crippen LogP contribution >= 0.6 is 0 Å². The third-order valence-corrected chi connectivity index (χ3v) is 5.57. The van der Waals surface area contributed by atoms with Gasteiger partial charge in [0.05, 0.1) is 17.3 Å². The molecule has 154 valence electrons. The average Bonchev–Trinajstić information content (AvgIpc) is 2.62. The molecule has 3 rings (SSSR count). The number of nitrogens with zero attached hydrogens (tertiary/aromatic N) is 1. The normalized spacial score (nSPS) is 17.8. The van der Waals surface area contributed by atoms with Crippen LogP contribution in [0.3, 0.4) is 0 Å². The van der Waals surface area contributed by atoms with Gasteiger partial charge in [-0.2, -0.15) is 0 Å². The van der Waals surface area contributed by atoms with E-state index in [4.69, 9.17) is 0 Å². The smallest absolute Gasteiger partial charge is 0.335 e. The van der Waals surface area contributed by atoms with Crippen LogP contribution in [0.2, 0.25) is 0 Å². The lowest BCUT2D eigenvalue weighted by Gasteiger charge is -2.47. The van der Waals surface area contributed by atoms with Crippen molar-refractivity contribution >= 4 is 23.3 Å². The molecule has 0 bridgehead atoms. The predicted molar refractivity (Wildman–Crippen MR) is 112 cm³/mol. The van der Waals surface area contributed by atoms with Gasteiger partial charge in [0.25, 0.3) is 0 Å². The largest absolute Gasteiger partial charge is 0.478 e. The second-order valence-electron chi connectivity index (χ2n) is 8.71. The van der Waals surface area contributed by atoms with Gasteiger partial charge < -0.3 is 15.3 Å². The van der Waals surface area contributed by atoms with Crippen LogP contribution in [0.15, 0.2) is 36.4 Å². The molecule has 1 heterocycles. The number of anilines is 2. The minimum absolute atomic E-state index is 0.0685. The summed E-state index contributed by atoms with van der Waals surface area (Å²) in [6.07, 6.45) is 0.684. The quantitative estimate of drug-likeness (QED) is 0.770. The molecule has 0 radical (unpaired) electrons. The van der Waals surface area contributed by atoms with Gasteiger partial charge >= 0.3 is 5.97 Å². The van der Waals surface area contributed by atoms with E-state index >= 15 is 0 Å². The number of amides is 1. The van der Waals surface area contributed by atoms with Crippen molar-refractivity contribution in [1.82, 2.24) is 0 Å². The Labute approximate surface area is 170 Å². The molecule has 0 saturated heterocycles. The highest BCUT2D eigenvalue weighted by atomic mass is 19.1. The maximum absolute atomic E-state index is 14.3. The Bertz CT molecular complexity index is 969. The number of carboxylic acid groups (broad SMARTS) is 1. The lowest BCUT2D eigenvalue weighted by Crippen LogP contribution is -2.41. The summed E-state index contributed by atoms with van der Waals surface area (Å²) in [5, 5.41) is 12.0. The van der Waals surface area contributed by atoms with Gasteiger partial charge in [0.2, 0.25) is 5.91 Å². The Morgan fingerprint density at radius 1 is 1.21 bits per heavy atom. The topological polar surface area (TPSA) is 69.6 Å². The lowest BCUT2D eigenvalue weighted by atomic mass is 9.71. The number of nitrogens with one attached hydrogen (secondary N) is 1. The van der Waals surface area contributed by atoms with Gasteiger partial charge in [-0.15, -0.1) is 0 Å². The number of aromatic carboxylic acids is 1. The van der Waals surface area contributed by atoms with Gasteiger partial charge in [0, 0.05) is 18.7 Å². The Balaban J connectivity index is 2.02. The van der Waals surface area contributed by atoms with Crippen LogP contribution in [0.5, 0.6) is 0 Å². The molecule has 2 aromatic carbocycles. The first-order chi connectivity index (χ1) is 13.5. The number of benzene rings is 2. The second kappa shape index (κ2) is 7.50. The number of carbonyl (C=O) groups is 2. The Kier molecular flexibility index (Phi) is 5.39. The van der Waals surface area contributed by atoms with E-state index in [1.165, 1.54) is 6.07 Å². The Hall–Kier alpha value is -2.89. The highest BCUT2D eigenvalue weighted by Gasteiger charge is 2.40. The summed E-state index contributed by atoms with van der Waals surface area (Å²) < 4.78 is 14.3. The average molecular weight is 398 g/mol. The first-order valence-corrected chi connectivity index (χ1v) is 9.70. The fourth-order valence-corrected chi connectivity index (χ4v) is 4.22. The van der Waals surface area contributed by atoms with Gasteiger partial charge in [-0.1, -0.05) is 33.8 Å². The van der Waals surface area contributed by atoms with E-state index < -0.39 is 11.8 Å². The summed E-state index contributed by atoms with van der Waals surface area (Å²) in [7, 11) is 1.96. The summed E-state index contributed by atoms with van der Waals surface area (Å²) in [5.74, 6) is -1.89. The van der Waals surface area contributed by atoms with Crippen molar-refractivity contribution in [2.75, 3.05) is 17.3 Å². The van der Waals surface area contributed by atoms with E-state index in [-0.39, 0.29) is 34.5 Å². The van der Waals surface area contributed by atoms with Gasteiger partial charge in [0.1, 0.15) is 5.82 Å². The van der Waals surface area contributed by atoms with Gasteiger partial charge in [0.15, 0.2) is 0 Å². The molecule has 29 heavy (non-hydrogen) atoms. The molecule has 5 nitrogen and oxygen atoms in total. The molecule has 0 saturated carbocycles. The van der Waals surface area contributed by atoms with Gasteiger partial charge in [-0.25, -0.2) is 9.18 Å². The fourth-order valence-electron chi connectivity index (χ4n) is 4.22. The lowest BCUT2D eigenvalue weighted by molar-refractivity contribution is -0.118. The van der Waals surface area contributed by atoms with E-state index in [9.17, 15) is 19.1 Å². The number of hydrogen-bond donors (Lipinski definition) is 2. The standard InChI is InChI=1S/C23H27FN2O3/c1-13(2)21(27)25-18-11-14(6-8-17(18)24)20-23(3,4)12-16-10-15(22(28)29)7-9-19(16)26(20)5/h6-11,13,20H,12H2,1-5H3,(H,25,27)(H,28,29). The molecule has 6 heteroatoms. The van der Waals surface area contributed by atoms with Crippen molar-refractivity contribution < 1.29 is 19.1 Å². The number of carbonyl (C=O) groups excluding carboxylic acids is 1. The van der Waals surface area contributed by atoms with E-state index in [1.807, 2.05) is 13.1 Å². The van der Waals surface area contributed by atoms with Crippen molar-refractivity contribution in [3.05, 3.63) is 58.9 Å². The molecule has 0 fully saturated rings. The molecule has 0 spiro atoms. The molecule has 0 aromatic heterocycles. The molecule has 2 N–H and O–H groups in total. The molecular formula is C23H27FN2O3. The predicted octanol–water partition coefficient (Wildman–Crippen LogP) is 4.88. The van der Waals surface area contributed by atoms with Crippen molar-refractivity contribution in [3.8, 4) is 0 Å².